The zero-order chi connectivity index (χ0) is 18.9. The van der Waals surface area contributed by atoms with Gasteiger partial charge >= 0.3 is 11.9 Å². The standard InChI is InChI=1S/C21H30O5/c1-19-8-5-9-20(2,18(24)26-4)16(19)15(17(23)25-3)21-10-12(13(22)11-21)6-7-14(19)21/h12,14-16H,5-11H2,1-4H3/t12-,14?,15+,16+,19+,20-,21-/m1/s1. The second kappa shape index (κ2) is 5.56. The number of ether oxygens (including phenoxy) is 2. The summed E-state index contributed by atoms with van der Waals surface area (Å²) in [5.74, 6) is -0.278. The molecule has 0 radical (unpaired) electrons. The van der Waals surface area contributed by atoms with Crippen LogP contribution in [-0.4, -0.2) is 31.9 Å². The highest BCUT2D eigenvalue weighted by atomic mass is 16.5. The summed E-state index contributed by atoms with van der Waals surface area (Å²) in [5, 5.41) is 0. The van der Waals surface area contributed by atoms with Crippen molar-refractivity contribution in [2.24, 2.45) is 39.9 Å². The van der Waals surface area contributed by atoms with Gasteiger partial charge < -0.3 is 9.47 Å². The number of carbonyl (C=O) groups excluding carboxylic acids is 3. The van der Waals surface area contributed by atoms with Crippen LogP contribution >= 0.6 is 0 Å². The number of ketones is 1. The predicted molar refractivity (Wildman–Crippen MR) is 94.0 cm³/mol. The number of carbonyl (C=O) groups is 3. The Morgan fingerprint density at radius 1 is 1.08 bits per heavy atom. The second-order valence-electron chi connectivity index (χ2n) is 9.65. The van der Waals surface area contributed by atoms with Crippen LogP contribution in [0.1, 0.15) is 58.8 Å². The first-order valence-corrected chi connectivity index (χ1v) is 9.93. The summed E-state index contributed by atoms with van der Waals surface area (Å²) in [6.45, 7) is 4.23. The number of methoxy groups -OCH3 is 2. The number of rotatable bonds is 2. The average Bonchev–Trinajstić information content (AvgIpc) is 3.00. The van der Waals surface area contributed by atoms with Gasteiger partial charge in [0, 0.05) is 12.3 Å². The van der Waals surface area contributed by atoms with Gasteiger partial charge in [-0.15, -0.1) is 0 Å². The normalized spacial score (nSPS) is 49.3. The molecule has 7 atom stereocenters. The topological polar surface area (TPSA) is 69.7 Å². The Hall–Kier alpha value is -1.39. The fourth-order valence-corrected chi connectivity index (χ4v) is 8.04. The lowest BCUT2D eigenvalue weighted by Gasteiger charge is -2.50. The molecule has 2 bridgehead atoms. The first kappa shape index (κ1) is 18.0. The van der Waals surface area contributed by atoms with E-state index >= 15 is 0 Å². The maximum Gasteiger partial charge on any atom is 0.311 e. The summed E-state index contributed by atoms with van der Waals surface area (Å²) >= 11 is 0. The van der Waals surface area contributed by atoms with Gasteiger partial charge in [0.25, 0.3) is 0 Å². The molecule has 0 aromatic carbocycles. The lowest BCUT2D eigenvalue weighted by molar-refractivity contribution is -0.170. The van der Waals surface area contributed by atoms with Gasteiger partial charge in [0.05, 0.1) is 25.6 Å². The first-order chi connectivity index (χ1) is 12.2. The van der Waals surface area contributed by atoms with E-state index < -0.39 is 5.41 Å². The smallest absolute Gasteiger partial charge is 0.311 e. The van der Waals surface area contributed by atoms with Crippen LogP contribution in [0.4, 0.5) is 0 Å². The lowest BCUT2D eigenvalue weighted by atomic mass is 9.53. The molecule has 5 heteroatoms. The van der Waals surface area contributed by atoms with Gasteiger partial charge in [0.2, 0.25) is 0 Å². The number of hydrogen-bond donors (Lipinski definition) is 0. The highest BCUT2D eigenvalue weighted by Crippen LogP contribution is 2.76. The molecule has 0 amide bonds. The van der Waals surface area contributed by atoms with E-state index in [0.29, 0.717) is 18.1 Å². The molecule has 144 valence electrons. The molecule has 1 unspecified atom stereocenters. The third-order valence-corrected chi connectivity index (χ3v) is 8.75. The average molecular weight is 362 g/mol. The van der Waals surface area contributed by atoms with E-state index in [1.807, 2.05) is 6.92 Å². The lowest BCUT2D eigenvalue weighted by Crippen LogP contribution is -2.51. The van der Waals surface area contributed by atoms with E-state index in [1.54, 1.807) is 0 Å². The van der Waals surface area contributed by atoms with E-state index in [1.165, 1.54) is 14.2 Å². The van der Waals surface area contributed by atoms with Gasteiger partial charge in [-0.25, -0.2) is 0 Å². The van der Waals surface area contributed by atoms with E-state index in [2.05, 4.69) is 6.92 Å². The quantitative estimate of drug-likeness (QED) is 0.706. The molecule has 0 N–H and O–H groups in total. The molecule has 0 aromatic rings. The van der Waals surface area contributed by atoms with Crippen molar-refractivity contribution in [1.29, 1.82) is 0 Å². The minimum atomic E-state index is -0.701. The largest absolute Gasteiger partial charge is 0.469 e. The van der Waals surface area contributed by atoms with Crippen molar-refractivity contribution in [3.05, 3.63) is 0 Å². The Labute approximate surface area is 155 Å². The highest BCUT2D eigenvalue weighted by Gasteiger charge is 2.76. The van der Waals surface area contributed by atoms with E-state index in [-0.39, 0.29) is 40.5 Å². The zero-order valence-corrected chi connectivity index (χ0v) is 16.3. The first-order valence-electron chi connectivity index (χ1n) is 9.93. The minimum absolute atomic E-state index is 0.0894. The molecule has 1 spiro atoms. The Kier molecular flexibility index (Phi) is 3.85. The molecule has 26 heavy (non-hydrogen) atoms. The molecule has 0 heterocycles. The van der Waals surface area contributed by atoms with Crippen LogP contribution in [0.25, 0.3) is 0 Å². The van der Waals surface area contributed by atoms with Crippen LogP contribution in [0.15, 0.2) is 0 Å². The van der Waals surface area contributed by atoms with Crippen molar-refractivity contribution in [3.8, 4) is 0 Å². The molecule has 4 aliphatic rings. The Morgan fingerprint density at radius 2 is 1.81 bits per heavy atom. The van der Waals surface area contributed by atoms with Crippen LogP contribution in [0.3, 0.4) is 0 Å². The van der Waals surface area contributed by atoms with Crippen molar-refractivity contribution in [1.82, 2.24) is 0 Å². The Morgan fingerprint density at radius 3 is 2.46 bits per heavy atom. The van der Waals surface area contributed by atoms with Gasteiger partial charge in [0.15, 0.2) is 0 Å². The van der Waals surface area contributed by atoms with Gasteiger partial charge in [-0.05, 0) is 61.7 Å². The molecule has 0 aromatic heterocycles. The van der Waals surface area contributed by atoms with Crippen molar-refractivity contribution >= 4 is 17.7 Å². The fraction of sp³-hybridized carbons (Fsp3) is 0.857. The molecule has 0 saturated heterocycles. The van der Waals surface area contributed by atoms with Crippen molar-refractivity contribution < 1.29 is 23.9 Å². The molecule has 5 nitrogen and oxygen atoms in total. The maximum atomic E-state index is 13.1. The molecule has 4 saturated carbocycles. The summed E-state index contributed by atoms with van der Waals surface area (Å²) in [7, 11) is 2.86. The summed E-state index contributed by atoms with van der Waals surface area (Å²) in [6, 6.07) is 0. The zero-order valence-electron chi connectivity index (χ0n) is 16.3. The van der Waals surface area contributed by atoms with Crippen molar-refractivity contribution in [2.75, 3.05) is 14.2 Å². The third-order valence-electron chi connectivity index (χ3n) is 8.75. The molecular formula is C21H30O5. The van der Waals surface area contributed by atoms with E-state index in [4.69, 9.17) is 9.47 Å². The minimum Gasteiger partial charge on any atom is -0.469 e. The fourth-order valence-electron chi connectivity index (χ4n) is 8.04. The SMILES string of the molecule is COC(=O)[C@@H]1[C@@H]2[C@](C)(C(=O)OC)CCC[C@@]2(C)C2CC[C@@H]3C[C@@]21CC3=O. The maximum absolute atomic E-state index is 13.1. The van der Waals surface area contributed by atoms with Crippen LogP contribution in [-0.2, 0) is 23.9 Å². The summed E-state index contributed by atoms with van der Waals surface area (Å²) in [6.07, 6.45) is 5.86. The molecular weight excluding hydrogens is 332 g/mol. The summed E-state index contributed by atoms with van der Waals surface area (Å²) < 4.78 is 10.5. The van der Waals surface area contributed by atoms with E-state index in [0.717, 1.165) is 38.5 Å². The molecule has 4 fully saturated rings. The Bertz CT molecular complexity index is 671. The summed E-state index contributed by atoms with van der Waals surface area (Å²) in [4.78, 5) is 38.6. The van der Waals surface area contributed by atoms with Crippen molar-refractivity contribution in [3.63, 3.8) is 0 Å². The van der Waals surface area contributed by atoms with Gasteiger partial charge in [0.1, 0.15) is 5.78 Å². The monoisotopic (exact) mass is 362 g/mol. The van der Waals surface area contributed by atoms with Gasteiger partial charge in [-0.3, -0.25) is 14.4 Å². The van der Waals surface area contributed by atoms with Gasteiger partial charge in [-0.1, -0.05) is 13.3 Å². The third kappa shape index (κ3) is 1.95. The molecule has 4 rings (SSSR count). The second-order valence-corrected chi connectivity index (χ2v) is 9.65. The van der Waals surface area contributed by atoms with Crippen LogP contribution in [0.2, 0.25) is 0 Å². The van der Waals surface area contributed by atoms with Crippen molar-refractivity contribution in [2.45, 2.75) is 58.8 Å². The molecule has 0 aliphatic heterocycles. The number of esters is 2. The van der Waals surface area contributed by atoms with Gasteiger partial charge in [-0.2, -0.15) is 0 Å². The highest BCUT2D eigenvalue weighted by molar-refractivity contribution is 5.88. The Balaban J connectivity index is 1.91. The van der Waals surface area contributed by atoms with Crippen LogP contribution in [0.5, 0.6) is 0 Å². The van der Waals surface area contributed by atoms with Crippen LogP contribution < -0.4 is 0 Å². The summed E-state index contributed by atoms with van der Waals surface area (Å²) in [5.41, 5.74) is -1.16. The number of fused-ring (bicyclic) bond motifs is 3. The number of Topliss-reactive ketones (excluding diaryl/α,β-unsaturated/α-hetero) is 1. The van der Waals surface area contributed by atoms with Crippen LogP contribution in [0, 0.1) is 39.9 Å². The molecule has 4 aliphatic carbocycles. The van der Waals surface area contributed by atoms with E-state index in [9.17, 15) is 14.4 Å². The number of hydrogen-bond acceptors (Lipinski definition) is 5. The predicted octanol–water partition coefficient (Wildman–Crippen LogP) is 3.15.